The van der Waals surface area contributed by atoms with Crippen molar-refractivity contribution in [3.8, 4) is 10.6 Å². The Morgan fingerprint density at radius 2 is 1.72 bits per heavy atom. The molecular weight excluding hydrogens is 386 g/mol. The van der Waals surface area contributed by atoms with E-state index in [0.717, 1.165) is 16.3 Å². The van der Waals surface area contributed by atoms with Crippen LogP contribution in [0.15, 0.2) is 60.0 Å². The molecule has 1 amide bonds. The Kier molecular flexibility index (Phi) is 5.57. The van der Waals surface area contributed by atoms with Gasteiger partial charge in [-0.15, -0.1) is 11.3 Å². The maximum Gasteiger partial charge on any atom is 0.306 e. The van der Waals surface area contributed by atoms with Crippen LogP contribution in [0.1, 0.15) is 23.3 Å². The number of carbonyl (C=O) groups is 2. The summed E-state index contributed by atoms with van der Waals surface area (Å²) in [5.74, 6) is -1.28. The highest BCUT2D eigenvalue weighted by atomic mass is 32.1. The van der Waals surface area contributed by atoms with E-state index in [1.807, 2.05) is 54.6 Å². The number of thiazole rings is 1. The predicted molar refractivity (Wildman–Crippen MR) is 115 cm³/mol. The van der Waals surface area contributed by atoms with Crippen molar-refractivity contribution in [2.75, 3.05) is 23.3 Å². The summed E-state index contributed by atoms with van der Waals surface area (Å²) in [7, 11) is 0. The van der Waals surface area contributed by atoms with Gasteiger partial charge < -0.3 is 15.3 Å². The number of hydrogen-bond donors (Lipinski definition) is 2. The second-order valence-corrected chi connectivity index (χ2v) is 7.83. The van der Waals surface area contributed by atoms with Gasteiger partial charge in [0.05, 0.1) is 17.3 Å². The number of carboxylic acid groups (broad SMARTS) is 1. The molecular formula is C22H21N3O3S. The number of benzene rings is 2. The average Bonchev–Trinajstić information content (AvgIpc) is 3.25. The molecule has 0 unspecified atom stereocenters. The largest absolute Gasteiger partial charge is 0.481 e. The second kappa shape index (κ2) is 8.45. The van der Waals surface area contributed by atoms with Gasteiger partial charge in [0.2, 0.25) is 0 Å². The minimum atomic E-state index is -0.732. The van der Waals surface area contributed by atoms with Crippen LogP contribution in [-0.4, -0.2) is 35.1 Å². The lowest BCUT2D eigenvalue weighted by Crippen LogP contribution is -2.36. The number of amides is 1. The molecule has 0 aliphatic carbocycles. The van der Waals surface area contributed by atoms with E-state index in [1.165, 1.54) is 11.3 Å². The molecule has 1 fully saturated rings. The first kappa shape index (κ1) is 19.1. The van der Waals surface area contributed by atoms with Gasteiger partial charge in [0.25, 0.3) is 5.91 Å². The van der Waals surface area contributed by atoms with E-state index in [0.29, 0.717) is 37.3 Å². The Balaban J connectivity index is 1.48. The topological polar surface area (TPSA) is 82.5 Å². The van der Waals surface area contributed by atoms with Crippen LogP contribution in [0.3, 0.4) is 0 Å². The lowest BCUT2D eigenvalue weighted by molar-refractivity contribution is -0.142. The number of nitrogens with one attached hydrogen (secondary N) is 1. The predicted octanol–water partition coefficient (Wildman–Crippen LogP) is 4.36. The summed E-state index contributed by atoms with van der Waals surface area (Å²) in [5, 5.41) is 14.7. The maximum atomic E-state index is 12.8. The second-order valence-electron chi connectivity index (χ2n) is 6.97. The van der Waals surface area contributed by atoms with E-state index in [4.69, 9.17) is 0 Å². The fourth-order valence-corrected chi connectivity index (χ4v) is 4.31. The van der Waals surface area contributed by atoms with E-state index in [1.54, 1.807) is 5.38 Å². The molecule has 29 heavy (non-hydrogen) atoms. The number of rotatable bonds is 5. The van der Waals surface area contributed by atoms with Gasteiger partial charge in [-0.25, -0.2) is 4.98 Å². The number of piperidine rings is 1. The molecule has 4 rings (SSSR count). The molecule has 1 aliphatic rings. The number of hydrogen-bond acceptors (Lipinski definition) is 5. The molecule has 0 radical (unpaired) electrons. The summed E-state index contributed by atoms with van der Waals surface area (Å²) < 4.78 is 0. The van der Waals surface area contributed by atoms with Gasteiger partial charge in [-0.1, -0.05) is 42.5 Å². The SMILES string of the molecule is O=C(Nc1ccccc1N1CCC(C(=O)O)CC1)c1csc(-c2ccccc2)n1. The summed E-state index contributed by atoms with van der Waals surface area (Å²) in [6.45, 7) is 1.30. The van der Waals surface area contributed by atoms with E-state index in [-0.39, 0.29) is 11.8 Å². The standard InChI is InChI=1S/C22H21N3O3S/c26-20(18-14-29-21(24-18)15-6-2-1-3-7-15)23-17-8-4-5-9-19(17)25-12-10-16(11-13-25)22(27)28/h1-9,14,16H,10-13H2,(H,23,26)(H,27,28). The number of aliphatic carboxylic acids is 1. The molecule has 0 saturated carbocycles. The summed E-state index contributed by atoms with van der Waals surface area (Å²) in [6, 6.07) is 17.4. The third-order valence-corrected chi connectivity index (χ3v) is 5.99. The van der Waals surface area contributed by atoms with Crippen LogP contribution in [0.4, 0.5) is 11.4 Å². The van der Waals surface area contributed by atoms with Crippen molar-refractivity contribution in [1.82, 2.24) is 4.98 Å². The van der Waals surface area contributed by atoms with Crippen molar-refractivity contribution >= 4 is 34.6 Å². The third-order valence-electron chi connectivity index (χ3n) is 5.09. The van der Waals surface area contributed by atoms with E-state index >= 15 is 0 Å². The summed E-state index contributed by atoms with van der Waals surface area (Å²) in [6.07, 6.45) is 1.20. The minimum Gasteiger partial charge on any atom is -0.481 e. The first-order valence-electron chi connectivity index (χ1n) is 9.51. The molecule has 1 aliphatic heterocycles. The normalized spacial score (nSPS) is 14.6. The molecule has 2 aromatic carbocycles. The molecule has 2 N–H and O–H groups in total. The molecule has 1 saturated heterocycles. The quantitative estimate of drug-likeness (QED) is 0.657. The number of para-hydroxylation sites is 2. The molecule has 7 heteroatoms. The minimum absolute atomic E-state index is 0.253. The van der Waals surface area contributed by atoms with Crippen LogP contribution in [0, 0.1) is 5.92 Å². The molecule has 6 nitrogen and oxygen atoms in total. The van der Waals surface area contributed by atoms with Crippen LogP contribution in [-0.2, 0) is 4.79 Å². The van der Waals surface area contributed by atoms with Crippen molar-refractivity contribution in [1.29, 1.82) is 0 Å². The van der Waals surface area contributed by atoms with Crippen LogP contribution in [0.2, 0.25) is 0 Å². The van der Waals surface area contributed by atoms with Crippen molar-refractivity contribution in [2.45, 2.75) is 12.8 Å². The zero-order valence-corrected chi connectivity index (χ0v) is 16.6. The Hall–Kier alpha value is -3.19. The molecule has 0 bridgehead atoms. The molecule has 2 heterocycles. The molecule has 148 valence electrons. The average molecular weight is 407 g/mol. The lowest BCUT2D eigenvalue weighted by atomic mass is 9.96. The molecule has 0 spiro atoms. The van der Waals surface area contributed by atoms with Gasteiger partial charge in [-0.3, -0.25) is 9.59 Å². The number of carboxylic acids is 1. The maximum absolute atomic E-state index is 12.8. The first-order chi connectivity index (χ1) is 14.1. The molecule has 1 aromatic heterocycles. The number of nitrogens with zero attached hydrogens (tertiary/aromatic N) is 2. The Morgan fingerprint density at radius 1 is 1.03 bits per heavy atom. The van der Waals surface area contributed by atoms with Crippen LogP contribution in [0.25, 0.3) is 10.6 Å². The Morgan fingerprint density at radius 3 is 2.45 bits per heavy atom. The van der Waals surface area contributed by atoms with Crippen LogP contribution >= 0.6 is 11.3 Å². The molecule has 3 aromatic rings. The van der Waals surface area contributed by atoms with Crippen molar-refractivity contribution in [3.05, 3.63) is 65.7 Å². The van der Waals surface area contributed by atoms with Gasteiger partial charge in [-0.2, -0.15) is 0 Å². The van der Waals surface area contributed by atoms with Gasteiger partial charge >= 0.3 is 5.97 Å². The Labute approximate surface area is 172 Å². The van der Waals surface area contributed by atoms with Crippen LogP contribution < -0.4 is 10.2 Å². The Bertz CT molecular complexity index is 1010. The lowest BCUT2D eigenvalue weighted by Gasteiger charge is -2.33. The third kappa shape index (κ3) is 4.30. The van der Waals surface area contributed by atoms with Gasteiger partial charge in [0.15, 0.2) is 0 Å². The van der Waals surface area contributed by atoms with Crippen molar-refractivity contribution in [3.63, 3.8) is 0 Å². The number of anilines is 2. The monoisotopic (exact) mass is 407 g/mol. The van der Waals surface area contributed by atoms with E-state index in [9.17, 15) is 14.7 Å². The number of carbonyl (C=O) groups excluding carboxylic acids is 1. The zero-order chi connectivity index (χ0) is 20.2. The smallest absolute Gasteiger partial charge is 0.306 e. The summed E-state index contributed by atoms with van der Waals surface area (Å²) in [4.78, 5) is 30.6. The zero-order valence-electron chi connectivity index (χ0n) is 15.7. The summed E-state index contributed by atoms with van der Waals surface area (Å²) >= 11 is 1.44. The van der Waals surface area contributed by atoms with Gasteiger partial charge in [-0.05, 0) is 25.0 Å². The highest BCUT2D eigenvalue weighted by molar-refractivity contribution is 7.13. The van der Waals surface area contributed by atoms with E-state index in [2.05, 4.69) is 15.2 Å². The van der Waals surface area contributed by atoms with Crippen molar-refractivity contribution in [2.24, 2.45) is 5.92 Å². The van der Waals surface area contributed by atoms with Gasteiger partial charge in [0, 0.05) is 24.0 Å². The molecule has 0 atom stereocenters. The summed E-state index contributed by atoms with van der Waals surface area (Å²) in [5.41, 5.74) is 2.98. The fraction of sp³-hybridized carbons (Fsp3) is 0.227. The fourth-order valence-electron chi connectivity index (χ4n) is 3.50. The first-order valence-corrected chi connectivity index (χ1v) is 10.4. The van der Waals surface area contributed by atoms with Crippen molar-refractivity contribution < 1.29 is 14.7 Å². The van der Waals surface area contributed by atoms with Crippen LogP contribution in [0.5, 0.6) is 0 Å². The highest BCUT2D eigenvalue weighted by Gasteiger charge is 2.26. The number of aromatic nitrogens is 1. The highest BCUT2D eigenvalue weighted by Crippen LogP contribution is 2.31. The van der Waals surface area contributed by atoms with E-state index < -0.39 is 5.97 Å². The van der Waals surface area contributed by atoms with Gasteiger partial charge in [0.1, 0.15) is 10.7 Å².